The van der Waals surface area contributed by atoms with Gasteiger partial charge in [0.15, 0.2) is 2.14 Å². The summed E-state index contributed by atoms with van der Waals surface area (Å²) in [6.45, 7) is 0. The number of alkyl halides is 3. The number of carbonyl (C=O) groups excluding carboxylic acids is 1. The fraction of sp³-hybridized carbons (Fsp3) is 0.125. The van der Waals surface area contributed by atoms with E-state index in [4.69, 9.17) is 0 Å². The molecule has 1 rings (SSSR count). The Morgan fingerprint density at radius 3 is 2.08 bits per heavy atom. The van der Waals surface area contributed by atoms with Crippen molar-refractivity contribution in [3.63, 3.8) is 0 Å². The fourth-order valence-electron chi connectivity index (χ4n) is 0.902. The Morgan fingerprint density at radius 1 is 1.15 bits per heavy atom. The van der Waals surface area contributed by atoms with Gasteiger partial charge in [0.05, 0.1) is 0 Å². The van der Waals surface area contributed by atoms with Gasteiger partial charge in [0, 0.05) is 11.1 Å². The summed E-state index contributed by atoms with van der Waals surface area (Å²) in [5.41, 5.74) is 1.45. The smallest absolute Gasteiger partial charge is 0.228 e. The number of hydrogen-bond acceptors (Lipinski definition) is 1. The average molecular weight is 436 g/mol. The summed E-state index contributed by atoms with van der Waals surface area (Å²) >= 11 is 13.0. The lowest BCUT2D eigenvalue weighted by molar-refractivity contribution is 0.109. The third-order valence-corrected chi connectivity index (χ3v) is 3.15. The molecule has 0 saturated carbocycles. The van der Waals surface area contributed by atoms with Gasteiger partial charge in [0.25, 0.3) is 0 Å². The van der Waals surface area contributed by atoms with E-state index in [2.05, 4.69) is 63.7 Å². The van der Waals surface area contributed by atoms with Crippen molar-refractivity contribution in [2.75, 3.05) is 0 Å². The summed E-state index contributed by atoms with van der Waals surface area (Å²) in [5.74, 6) is 0. The normalized spacial score (nSPS) is 11.4. The standard InChI is InChI=1S/C8H4Br4O/c9-7(13)5-3-1-2-4-6(5)8(10,11)12/h1-4H. The van der Waals surface area contributed by atoms with Crippen molar-refractivity contribution in [2.45, 2.75) is 2.14 Å². The molecule has 5 heteroatoms. The molecule has 0 fully saturated rings. The molecule has 1 nitrogen and oxygen atoms in total. The second-order valence-electron chi connectivity index (χ2n) is 2.32. The molecule has 0 spiro atoms. The van der Waals surface area contributed by atoms with E-state index in [1.54, 1.807) is 6.07 Å². The Labute approximate surface area is 110 Å². The second kappa shape index (κ2) is 4.55. The summed E-state index contributed by atoms with van der Waals surface area (Å²) < 4.78 is -0.682. The van der Waals surface area contributed by atoms with Gasteiger partial charge in [-0.2, -0.15) is 0 Å². The molecule has 0 amide bonds. The van der Waals surface area contributed by atoms with Crippen molar-refractivity contribution in [3.8, 4) is 0 Å². The highest BCUT2D eigenvalue weighted by atomic mass is 80.0. The van der Waals surface area contributed by atoms with Crippen LogP contribution in [0.1, 0.15) is 15.9 Å². The second-order valence-corrected chi connectivity index (χ2v) is 9.80. The maximum absolute atomic E-state index is 11.2. The maximum atomic E-state index is 11.2. The third-order valence-electron chi connectivity index (χ3n) is 1.44. The molecule has 0 radical (unpaired) electrons. The van der Waals surface area contributed by atoms with Crippen LogP contribution in [0.5, 0.6) is 0 Å². The average Bonchev–Trinajstić information content (AvgIpc) is 2.03. The van der Waals surface area contributed by atoms with Gasteiger partial charge in [-0.15, -0.1) is 0 Å². The molecule has 0 aliphatic carbocycles. The molecule has 0 bridgehead atoms. The number of halogens is 4. The van der Waals surface area contributed by atoms with Gasteiger partial charge >= 0.3 is 0 Å². The first-order valence-electron chi connectivity index (χ1n) is 3.29. The predicted octanol–water partition coefficient (Wildman–Crippen LogP) is 4.52. The van der Waals surface area contributed by atoms with Crippen molar-refractivity contribution in [1.82, 2.24) is 0 Å². The quantitative estimate of drug-likeness (QED) is 0.468. The Bertz CT molecular complexity index is 329. The van der Waals surface area contributed by atoms with Gasteiger partial charge in [-0.05, 0) is 15.9 Å². The fourth-order valence-corrected chi connectivity index (χ4v) is 2.28. The van der Waals surface area contributed by atoms with Crippen molar-refractivity contribution in [2.24, 2.45) is 0 Å². The van der Waals surface area contributed by atoms with E-state index in [-0.39, 0.29) is 4.69 Å². The van der Waals surface area contributed by atoms with Crippen LogP contribution in [-0.2, 0) is 2.14 Å². The van der Waals surface area contributed by atoms with Crippen LogP contribution in [0, 0.1) is 0 Å². The minimum absolute atomic E-state index is 0.133. The molecular formula is C8H4Br4O. The number of carbonyl (C=O) groups is 1. The van der Waals surface area contributed by atoms with Gasteiger partial charge in [-0.1, -0.05) is 72.1 Å². The minimum atomic E-state index is -0.549. The molecular weight excluding hydrogens is 432 g/mol. The van der Waals surface area contributed by atoms with E-state index in [1.807, 2.05) is 18.2 Å². The minimum Gasteiger partial charge on any atom is -0.281 e. The van der Waals surface area contributed by atoms with Crippen molar-refractivity contribution in [1.29, 1.82) is 0 Å². The largest absolute Gasteiger partial charge is 0.281 e. The highest BCUT2D eigenvalue weighted by molar-refractivity contribution is 9.38. The molecule has 1 aromatic rings. The molecule has 0 unspecified atom stereocenters. The zero-order valence-corrected chi connectivity index (χ0v) is 12.6. The van der Waals surface area contributed by atoms with E-state index in [0.29, 0.717) is 5.56 Å². The topological polar surface area (TPSA) is 17.1 Å². The van der Waals surface area contributed by atoms with Crippen LogP contribution in [0.2, 0.25) is 0 Å². The summed E-state index contributed by atoms with van der Waals surface area (Å²) in [7, 11) is 0. The molecule has 0 heterocycles. The van der Waals surface area contributed by atoms with Crippen molar-refractivity contribution >= 4 is 68.4 Å². The van der Waals surface area contributed by atoms with Gasteiger partial charge in [-0.3, -0.25) is 4.79 Å². The monoisotopic (exact) mass is 432 g/mol. The lowest BCUT2D eigenvalue weighted by atomic mass is 10.1. The van der Waals surface area contributed by atoms with E-state index in [0.717, 1.165) is 5.56 Å². The van der Waals surface area contributed by atoms with Crippen molar-refractivity contribution in [3.05, 3.63) is 35.4 Å². The molecule has 0 aromatic heterocycles. The van der Waals surface area contributed by atoms with E-state index in [9.17, 15) is 4.79 Å². The summed E-state index contributed by atoms with van der Waals surface area (Å²) in [6.07, 6.45) is 0. The van der Waals surface area contributed by atoms with Crippen LogP contribution in [0.15, 0.2) is 24.3 Å². The van der Waals surface area contributed by atoms with Crippen LogP contribution in [0.4, 0.5) is 0 Å². The molecule has 1 aromatic carbocycles. The van der Waals surface area contributed by atoms with Crippen LogP contribution in [0.3, 0.4) is 0 Å². The first-order valence-corrected chi connectivity index (χ1v) is 6.46. The Kier molecular flexibility index (Phi) is 4.16. The molecule has 0 saturated heterocycles. The van der Waals surface area contributed by atoms with Gasteiger partial charge < -0.3 is 0 Å². The molecule has 70 valence electrons. The molecule has 0 aliphatic heterocycles. The SMILES string of the molecule is O=C(Br)c1ccccc1C(Br)(Br)Br. The number of hydrogen-bond donors (Lipinski definition) is 0. The van der Waals surface area contributed by atoms with E-state index >= 15 is 0 Å². The van der Waals surface area contributed by atoms with Gasteiger partial charge in [0.1, 0.15) is 0 Å². The van der Waals surface area contributed by atoms with E-state index in [1.165, 1.54) is 0 Å². The summed E-state index contributed by atoms with van der Waals surface area (Å²) in [4.78, 5) is 11.2. The predicted molar refractivity (Wildman–Crippen MR) is 68.2 cm³/mol. The molecule has 0 N–H and O–H groups in total. The summed E-state index contributed by atoms with van der Waals surface area (Å²) in [6, 6.07) is 7.29. The maximum Gasteiger partial charge on any atom is 0.228 e. The molecule has 0 atom stereocenters. The first-order chi connectivity index (χ1) is 5.93. The van der Waals surface area contributed by atoms with Crippen LogP contribution >= 0.6 is 63.7 Å². The molecule has 13 heavy (non-hydrogen) atoms. The van der Waals surface area contributed by atoms with Crippen molar-refractivity contribution < 1.29 is 4.79 Å². The zero-order valence-electron chi connectivity index (χ0n) is 6.23. The third kappa shape index (κ3) is 3.15. The number of rotatable bonds is 1. The lowest BCUT2D eigenvalue weighted by Crippen LogP contribution is -2.04. The lowest BCUT2D eigenvalue weighted by Gasteiger charge is -2.15. The van der Waals surface area contributed by atoms with Crippen LogP contribution in [0.25, 0.3) is 0 Å². The Morgan fingerprint density at radius 2 is 1.69 bits per heavy atom. The van der Waals surface area contributed by atoms with E-state index < -0.39 is 2.14 Å². The summed E-state index contributed by atoms with van der Waals surface area (Å²) in [5, 5.41) is 0. The molecule has 0 aliphatic rings. The van der Waals surface area contributed by atoms with Crippen LogP contribution in [-0.4, -0.2) is 4.69 Å². The van der Waals surface area contributed by atoms with Gasteiger partial charge in [-0.25, -0.2) is 0 Å². The zero-order chi connectivity index (χ0) is 10.1. The Balaban J connectivity index is 3.28. The highest BCUT2D eigenvalue weighted by Crippen LogP contribution is 2.45. The van der Waals surface area contributed by atoms with Crippen LogP contribution < -0.4 is 0 Å². The first kappa shape index (κ1) is 11.9. The highest BCUT2D eigenvalue weighted by Gasteiger charge is 2.25. The number of benzene rings is 1. The van der Waals surface area contributed by atoms with Gasteiger partial charge in [0.2, 0.25) is 4.69 Å². The Hall–Kier alpha value is 0.810.